The summed E-state index contributed by atoms with van der Waals surface area (Å²) < 4.78 is 15.5. The summed E-state index contributed by atoms with van der Waals surface area (Å²) in [7, 11) is 2.98. The highest BCUT2D eigenvalue weighted by molar-refractivity contribution is 6.09. The second-order valence-corrected chi connectivity index (χ2v) is 7.58. The van der Waals surface area contributed by atoms with E-state index in [1.165, 1.54) is 24.0 Å². The van der Waals surface area contributed by atoms with Crippen LogP contribution in [0.4, 0.5) is 9.59 Å². The van der Waals surface area contributed by atoms with Gasteiger partial charge in [-0.05, 0) is 31.5 Å². The molecule has 1 N–H and O–H groups in total. The Labute approximate surface area is 186 Å². The van der Waals surface area contributed by atoms with E-state index in [-0.39, 0.29) is 19.1 Å². The maximum Gasteiger partial charge on any atom is 0.409 e. The van der Waals surface area contributed by atoms with Crippen LogP contribution in [0.15, 0.2) is 18.2 Å². The Morgan fingerprint density at radius 3 is 2.25 bits per heavy atom. The summed E-state index contributed by atoms with van der Waals surface area (Å²) in [5.74, 6) is 0.00897. The van der Waals surface area contributed by atoms with Crippen LogP contribution < -0.4 is 14.8 Å². The lowest BCUT2D eigenvalue weighted by Crippen LogP contribution is -2.53. The van der Waals surface area contributed by atoms with Gasteiger partial charge in [0.2, 0.25) is 5.91 Å². The van der Waals surface area contributed by atoms with Gasteiger partial charge in [-0.1, -0.05) is 6.07 Å². The van der Waals surface area contributed by atoms with E-state index < -0.39 is 23.6 Å². The summed E-state index contributed by atoms with van der Waals surface area (Å²) in [6.07, 6.45) is -0.417. The van der Waals surface area contributed by atoms with Gasteiger partial charge in [0, 0.05) is 26.2 Å². The zero-order chi connectivity index (χ0) is 23.5. The van der Waals surface area contributed by atoms with Crippen molar-refractivity contribution in [3.05, 3.63) is 23.8 Å². The number of piperazine rings is 1. The number of rotatable bonds is 6. The second-order valence-electron chi connectivity index (χ2n) is 7.58. The fraction of sp³-hybridized carbons (Fsp3) is 0.524. The maximum absolute atomic E-state index is 13.2. The van der Waals surface area contributed by atoms with Gasteiger partial charge >= 0.3 is 12.1 Å². The van der Waals surface area contributed by atoms with E-state index in [1.54, 1.807) is 32.0 Å². The van der Waals surface area contributed by atoms with E-state index in [9.17, 15) is 19.2 Å². The van der Waals surface area contributed by atoms with Gasteiger partial charge < -0.3 is 29.3 Å². The topological polar surface area (TPSA) is 118 Å². The minimum atomic E-state index is -1.35. The molecule has 1 aromatic rings. The van der Waals surface area contributed by atoms with Crippen LogP contribution in [0.25, 0.3) is 0 Å². The third kappa shape index (κ3) is 4.27. The Hall–Kier alpha value is -3.50. The molecule has 0 bridgehead atoms. The number of carbonyl (C=O) groups is 4. The largest absolute Gasteiger partial charge is 0.493 e. The number of urea groups is 1. The summed E-state index contributed by atoms with van der Waals surface area (Å²) >= 11 is 0. The van der Waals surface area contributed by atoms with E-state index in [0.29, 0.717) is 43.2 Å². The minimum absolute atomic E-state index is 0.281. The average molecular weight is 448 g/mol. The fourth-order valence-corrected chi connectivity index (χ4v) is 3.77. The van der Waals surface area contributed by atoms with Gasteiger partial charge in [0.15, 0.2) is 11.5 Å². The van der Waals surface area contributed by atoms with Gasteiger partial charge in [-0.3, -0.25) is 14.5 Å². The average Bonchev–Trinajstić information content (AvgIpc) is 3.02. The predicted molar refractivity (Wildman–Crippen MR) is 112 cm³/mol. The predicted octanol–water partition coefficient (Wildman–Crippen LogP) is 0.772. The van der Waals surface area contributed by atoms with Crippen molar-refractivity contribution in [1.29, 1.82) is 0 Å². The number of ether oxygens (including phenoxy) is 3. The smallest absolute Gasteiger partial charge is 0.409 e. The van der Waals surface area contributed by atoms with Gasteiger partial charge in [0.25, 0.3) is 5.91 Å². The molecule has 0 spiro atoms. The van der Waals surface area contributed by atoms with Crippen molar-refractivity contribution in [3.8, 4) is 11.5 Å². The first-order chi connectivity index (χ1) is 15.2. The van der Waals surface area contributed by atoms with Crippen LogP contribution >= 0.6 is 0 Å². The fourth-order valence-electron chi connectivity index (χ4n) is 3.77. The molecule has 11 heteroatoms. The zero-order valence-corrected chi connectivity index (χ0v) is 18.7. The van der Waals surface area contributed by atoms with E-state index >= 15 is 0 Å². The summed E-state index contributed by atoms with van der Waals surface area (Å²) in [5, 5.41) is 2.68. The number of methoxy groups -OCH3 is 2. The van der Waals surface area contributed by atoms with Crippen molar-refractivity contribution in [1.82, 2.24) is 20.0 Å². The van der Waals surface area contributed by atoms with Crippen LogP contribution in [-0.2, 0) is 19.9 Å². The van der Waals surface area contributed by atoms with Crippen molar-refractivity contribution < 1.29 is 33.4 Å². The molecule has 2 fully saturated rings. The van der Waals surface area contributed by atoms with E-state index in [2.05, 4.69) is 5.32 Å². The Morgan fingerprint density at radius 2 is 1.66 bits per heavy atom. The highest BCUT2D eigenvalue weighted by Gasteiger charge is 2.50. The number of imide groups is 1. The minimum Gasteiger partial charge on any atom is -0.493 e. The molecule has 2 heterocycles. The second kappa shape index (κ2) is 9.33. The van der Waals surface area contributed by atoms with Crippen molar-refractivity contribution in [2.45, 2.75) is 19.4 Å². The number of hydrogen-bond acceptors (Lipinski definition) is 7. The number of nitrogens with one attached hydrogen (secondary N) is 1. The Bertz CT molecular complexity index is 913. The van der Waals surface area contributed by atoms with Gasteiger partial charge in [-0.25, -0.2) is 9.59 Å². The van der Waals surface area contributed by atoms with Crippen molar-refractivity contribution in [2.75, 3.05) is 53.6 Å². The van der Waals surface area contributed by atoms with Crippen LogP contribution in [0, 0.1) is 0 Å². The molecule has 11 nitrogen and oxygen atoms in total. The summed E-state index contributed by atoms with van der Waals surface area (Å²) in [6.45, 7) is 4.46. The molecule has 1 unspecified atom stereocenters. The van der Waals surface area contributed by atoms with Crippen molar-refractivity contribution >= 4 is 23.9 Å². The SMILES string of the molecule is CCOC(=O)N1CCN(C(=O)CN2C(=O)NC(C)(c3ccc(OC)c(OC)c3)C2=O)CC1. The van der Waals surface area contributed by atoms with E-state index in [0.717, 1.165) is 4.90 Å². The first-order valence-electron chi connectivity index (χ1n) is 10.3. The molecule has 0 saturated carbocycles. The number of benzene rings is 1. The lowest BCUT2D eigenvalue weighted by atomic mass is 9.91. The molecule has 0 aliphatic carbocycles. The summed E-state index contributed by atoms with van der Waals surface area (Å²) in [5.41, 5.74) is -0.842. The Morgan fingerprint density at radius 1 is 1.03 bits per heavy atom. The number of hydrogen-bond donors (Lipinski definition) is 1. The molecule has 1 atom stereocenters. The standard InChI is InChI=1S/C21H28N4O7/c1-5-32-20(29)24-10-8-23(9-11-24)17(26)13-25-18(27)21(2,22-19(25)28)14-6-7-15(30-3)16(12-14)31-4/h6-7,12H,5,8-11,13H2,1-4H3,(H,22,28). The first-order valence-corrected chi connectivity index (χ1v) is 10.3. The zero-order valence-electron chi connectivity index (χ0n) is 18.7. The summed E-state index contributed by atoms with van der Waals surface area (Å²) in [4.78, 5) is 54.3. The lowest BCUT2D eigenvalue weighted by Gasteiger charge is -2.34. The number of nitrogens with zero attached hydrogens (tertiary/aromatic N) is 3. The molecule has 2 aliphatic rings. The lowest BCUT2D eigenvalue weighted by molar-refractivity contribution is -0.139. The maximum atomic E-state index is 13.2. The molecule has 3 rings (SSSR count). The molecular weight excluding hydrogens is 420 g/mol. The van der Waals surface area contributed by atoms with Crippen LogP contribution in [0.5, 0.6) is 11.5 Å². The van der Waals surface area contributed by atoms with E-state index in [4.69, 9.17) is 14.2 Å². The highest BCUT2D eigenvalue weighted by Crippen LogP contribution is 2.35. The van der Waals surface area contributed by atoms with Crippen molar-refractivity contribution in [3.63, 3.8) is 0 Å². The normalized spacial score (nSPS) is 20.8. The molecule has 0 radical (unpaired) electrons. The van der Waals surface area contributed by atoms with Gasteiger partial charge in [-0.15, -0.1) is 0 Å². The highest BCUT2D eigenvalue weighted by atomic mass is 16.6. The van der Waals surface area contributed by atoms with Gasteiger partial charge in [0.05, 0.1) is 20.8 Å². The molecule has 5 amide bonds. The molecule has 174 valence electrons. The first kappa shape index (κ1) is 23.2. The van der Waals surface area contributed by atoms with Crippen LogP contribution in [0.2, 0.25) is 0 Å². The van der Waals surface area contributed by atoms with Crippen LogP contribution in [0.1, 0.15) is 19.4 Å². The summed E-state index contributed by atoms with van der Waals surface area (Å²) in [6, 6.07) is 4.29. The molecular formula is C21H28N4O7. The Balaban J connectivity index is 1.68. The molecule has 32 heavy (non-hydrogen) atoms. The number of amides is 5. The third-order valence-corrected chi connectivity index (χ3v) is 5.69. The van der Waals surface area contributed by atoms with Gasteiger partial charge in [0.1, 0.15) is 12.1 Å². The van der Waals surface area contributed by atoms with Crippen molar-refractivity contribution in [2.24, 2.45) is 0 Å². The molecule has 2 aliphatic heterocycles. The monoisotopic (exact) mass is 448 g/mol. The number of carbonyl (C=O) groups excluding carboxylic acids is 4. The third-order valence-electron chi connectivity index (χ3n) is 5.69. The van der Waals surface area contributed by atoms with Crippen LogP contribution in [0.3, 0.4) is 0 Å². The molecule has 0 aromatic heterocycles. The van der Waals surface area contributed by atoms with Gasteiger partial charge in [-0.2, -0.15) is 0 Å². The van der Waals surface area contributed by atoms with Crippen LogP contribution in [-0.4, -0.2) is 92.2 Å². The quantitative estimate of drug-likeness (QED) is 0.639. The molecule has 2 saturated heterocycles. The molecule has 1 aromatic carbocycles. The Kier molecular flexibility index (Phi) is 6.75. The van der Waals surface area contributed by atoms with E-state index in [1.807, 2.05) is 0 Å².